The minimum absolute atomic E-state index is 0.347. The fraction of sp³-hybridized carbons (Fsp3) is 0.333. The van der Waals surface area contributed by atoms with Gasteiger partial charge in [-0.1, -0.05) is 19.0 Å². The van der Waals surface area contributed by atoms with Gasteiger partial charge in [0, 0.05) is 6.20 Å². The van der Waals surface area contributed by atoms with Gasteiger partial charge in [0.1, 0.15) is 0 Å². The van der Waals surface area contributed by atoms with E-state index in [0.29, 0.717) is 16.9 Å². The minimum atomic E-state index is 0.347. The van der Waals surface area contributed by atoms with Gasteiger partial charge in [-0.15, -0.1) is 0 Å². The molecule has 0 unspecified atom stereocenters. The highest BCUT2D eigenvalue weighted by Crippen LogP contribution is 2.17. The van der Waals surface area contributed by atoms with Crippen molar-refractivity contribution in [2.45, 2.75) is 20.8 Å². The Balaban J connectivity index is 0.000000396. The van der Waals surface area contributed by atoms with Gasteiger partial charge in [0.25, 0.3) is 0 Å². The average molecular weight is 179 g/mol. The quantitative estimate of drug-likeness (QED) is 0.672. The molecule has 2 N–H and O–H groups in total. The molecule has 0 amide bonds. The van der Waals surface area contributed by atoms with Crippen LogP contribution in [0.3, 0.4) is 0 Å². The fourth-order valence-corrected chi connectivity index (χ4v) is 0.946. The summed E-state index contributed by atoms with van der Waals surface area (Å²) >= 11 is 0. The molecule has 0 aliphatic carbocycles. The zero-order chi connectivity index (χ0) is 9.84. The lowest BCUT2D eigenvalue weighted by molar-refractivity contribution is 0.460. The first-order valence-electron chi connectivity index (χ1n) is 4.25. The van der Waals surface area contributed by atoms with Crippen molar-refractivity contribution >= 4 is 16.9 Å². The number of hydrogen-bond acceptors (Lipinski definition) is 4. The van der Waals surface area contributed by atoms with E-state index in [1.807, 2.05) is 26.8 Å². The third kappa shape index (κ3) is 1.77. The molecule has 0 atom stereocenters. The lowest BCUT2D eigenvalue weighted by Crippen LogP contribution is -1.85. The molecule has 4 heteroatoms. The van der Waals surface area contributed by atoms with Gasteiger partial charge in [-0.3, -0.25) is 0 Å². The average Bonchev–Trinajstić information content (AvgIpc) is 2.51. The molecule has 70 valence electrons. The zero-order valence-corrected chi connectivity index (χ0v) is 8.03. The van der Waals surface area contributed by atoms with Gasteiger partial charge in [0.05, 0.1) is 0 Å². The van der Waals surface area contributed by atoms with Crippen LogP contribution < -0.4 is 5.73 Å². The first-order chi connectivity index (χ1) is 6.27. The van der Waals surface area contributed by atoms with Crippen LogP contribution >= 0.6 is 0 Å². The van der Waals surface area contributed by atoms with Crippen LogP contribution in [0.4, 0.5) is 5.82 Å². The molecule has 0 saturated carbocycles. The van der Waals surface area contributed by atoms with Crippen LogP contribution in [0.2, 0.25) is 0 Å². The first-order valence-corrected chi connectivity index (χ1v) is 4.25. The number of anilines is 1. The van der Waals surface area contributed by atoms with Gasteiger partial charge in [-0.05, 0) is 18.6 Å². The lowest BCUT2D eigenvalue weighted by Gasteiger charge is -1.88. The fourth-order valence-electron chi connectivity index (χ4n) is 0.946. The van der Waals surface area contributed by atoms with Crippen LogP contribution in [0.5, 0.6) is 0 Å². The molecule has 0 aliphatic heterocycles. The zero-order valence-electron chi connectivity index (χ0n) is 8.03. The molecule has 0 fully saturated rings. The van der Waals surface area contributed by atoms with Crippen LogP contribution in [0.25, 0.3) is 11.1 Å². The monoisotopic (exact) mass is 179 g/mol. The summed E-state index contributed by atoms with van der Waals surface area (Å²) < 4.78 is 4.89. The number of nitrogens with zero attached hydrogens (tertiary/aromatic N) is 2. The Kier molecular flexibility index (Phi) is 2.84. The van der Waals surface area contributed by atoms with E-state index in [1.54, 1.807) is 6.20 Å². The van der Waals surface area contributed by atoms with Gasteiger partial charge in [-0.25, -0.2) is 4.98 Å². The normalized spacial score (nSPS) is 9.46. The second-order valence-electron chi connectivity index (χ2n) is 2.43. The molecule has 0 aromatic carbocycles. The molecule has 4 nitrogen and oxygen atoms in total. The van der Waals surface area contributed by atoms with E-state index in [0.717, 1.165) is 5.56 Å². The SMILES string of the molecule is CC.Cc1cnc2c(N)noc2c1. The predicted molar refractivity (Wildman–Crippen MR) is 52.3 cm³/mol. The Morgan fingerprint density at radius 2 is 2.08 bits per heavy atom. The summed E-state index contributed by atoms with van der Waals surface area (Å²) in [6, 6.07) is 1.85. The number of aryl methyl sites for hydroxylation is 1. The Morgan fingerprint density at radius 3 is 2.77 bits per heavy atom. The molecule has 0 radical (unpaired) electrons. The summed E-state index contributed by atoms with van der Waals surface area (Å²) in [6.07, 6.45) is 1.73. The maximum Gasteiger partial charge on any atom is 0.193 e. The summed E-state index contributed by atoms with van der Waals surface area (Å²) in [5.74, 6) is 0.347. The van der Waals surface area contributed by atoms with Crippen LogP contribution in [-0.2, 0) is 0 Å². The topological polar surface area (TPSA) is 64.9 Å². The molecule has 0 bridgehead atoms. The summed E-state index contributed by atoms with van der Waals surface area (Å²) in [4.78, 5) is 4.06. The highest BCUT2D eigenvalue weighted by atomic mass is 16.5. The Morgan fingerprint density at radius 1 is 1.38 bits per heavy atom. The summed E-state index contributed by atoms with van der Waals surface area (Å²) in [6.45, 7) is 5.94. The smallest absolute Gasteiger partial charge is 0.193 e. The van der Waals surface area contributed by atoms with E-state index in [-0.39, 0.29) is 0 Å². The Labute approximate surface area is 76.7 Å². The van der Waals surface area contributed by atoms with Crippen molar-refractivity contribution < 1.29 is 4.52 Å². The molecule has 2 aromatic heterocycles. The molecule has 2 aromatic rings. The van der Waals surface area contributed by atoms with Gasteiger partial charge >= 0.3 is 0 Å². The second-order valence-corrected chi connectivity index (χ2v) is 2.43. The van der Waals surface area contributed by atoms with Crippen LogP contribution in [0.15, 0.2) is 16.8 Å². The van der Waals surface area contributed by atoms with E-state index in [2.05, 4.69) is 10.1 Å². The highest BCUT2D eigenvalue weighted by molar-refractivity contribution is 5.82. The van der Waals surface area contributed by atoms with Crippen LogP contribution in [0, 0.1) is 6.92 Å². The van der Waals surface area contributed by atoms with Gasteiger partial charge in [-0.2, -0.15) is 0 Å². The van der Waals surface area contributed by atoms with Crippen molar-refractivity contribution in [3.8, 4) is 0 Å². The minimum Gasteiger partial charge on any atom is -0.379 e. The van der Waals surface area contributed by atoms with Crippen molar-refractivity contribution in [1.82, 2.24) is 10.1 Å². The van der Waals surface area contributed by atoms with Crippen LogP contribution in [0.1, 0.15) is 19.4 Å². The summed E-state index contributed by atoms with van der Waals surface area (Å²) in [5, 5.41) is 3.58. The standard InChI is InChI=1S/C7H7N3O.C2H6/c1-4-2-5-6(9-3-4)7(8)10-11-5;1-2/h2-3H,1H3,(H2,8,10);1-2H3. The molecule has 0 spiro atoms. The third-order valence-corrected chi connectivity index (χ3v) is 1.47. The molecule has 2 heterocycles. The number of rotatable bonds is 0. The molecule has 2 rings (SSSR count). The Bertz CT molecular complexity index is 395. The van der Waals surface area contributed by atoms with Crippen molar-refractivity contribution in [3.63, 3.8) is 0 Å². The molecule has 13 heavy (non-hydrogen) atoms. The molecule has 0 aliphatic rings. The van der Waals surface area contributed by atoms with Crippen molar-refractivity contribution in [3.05, 3.63) is 17.8 Å². The Hall–Kier alpha value is -1.58. The summed E-state index contributed by atoms with van der Waals surface area (Å²) in [5.41, 5.74) is 7.77. The van der Waals surface area contributed by atoms with Gasteiger partial charge < -0.3 is 10.3 Å². The first kappa shape index (κ1) is 9.51. The van der Waals surface area contributed by atoms with Crippen LogP contribution in [-0.4, -0.2) is 10.1 Å². The third-order valence-electron chi connectivity index (χ3n) is 1.47. The largest absolute Gasteiger partial charge is 0.379 e. The van der Waals surface area contributed by atoms with Crippen molar-refractivity contribution in [1.29, 1.82) is 0 Å². The summed E-state index contributed by atoms with van der Waals surface area (Å²) in [7, 11) is 0. The van der Waals surface area contributed by atoms with E-state index < -0.39 is 0 Å². The number of nitrogen functional groups attached to an aromatic ring is 1. The van der Waals surface area contributed by atoms with Gasteiger partial charge in [0.15, 0.2) is 16.9 Å². The number of fused-ring (bicyclic) bond motifs is 1. The van der Waals surface area contributed by atoms with E-state index in [1.165, 1.54) is 0 Å². The molecular formula is C9H13N3O. The second kappa shape index (κ2) is 3.89. The molecular weight excluding hydrogens is 166 g/mol. The van der Waals surface area contributed by atoms with E-state index >= 15 is 0 Å². The highest BCUT2D eigenvalue weighted by Gasteiger charge is 2.04. The van der Waals surface area contributed by atoms with E-state index in [4.69, 9.17) is 10.3 Å². The number of aromatic nitrogens is 2. The number of hydrogen-bond donors (Lipinski definition) is 1. The van der Waals surface area contributed by atoms with E-state index in [9.17, 15) is 0 Å². The van der Waals surface area contributed by atoms with Crippen molar-refractivity contribution in [2.24, 2.45) is 0 Å². The predicted octanol–water partition coefficient (Wildman–Crippen LogP) is 2.14. The maximum absolute atomic E-state index is 5.46. The van der Waals surface area contributed by atoms with Gasteiger partial charge in [0.2, 0.25) is 0 Å². The van der Waals surface area contributed by atoms with Crippen molar-refractivity contribution in [2.75, 3.05) is 5.73 Å². The maximum atomic E-state index is 5.46. The number of pyridine rings is 1. The number of nitrogens with two attached hydrogens (primary N) is 1. The molecule has 0 saturated heterocycles. The lowest BCUT2D eigenvalue weighted by atomic mass is 10.3.